The van der Waals surface area contributed by atoms with E-state index in [1.54, 1.807) is 18.6 Å². The van der Waals surface area contributed by atoms with E-state index in [1.165, 1.54) is 0 Å². The number of likely N-dealkylation sites (tertiary alicyclic amines) is 1. The molecule has 2 heterocycles. The first-order valence-electron chi connectivity index (χ1n) is 8.47. The van der Waals surface area contributed by atoms with Crippen LogP contribution in [0.3, 0.4) is 0 Å². The van der Waals surface area contributed by atoms with Crippen molar-refractivity contribution in [1.82, 2.24) is 14.5 Å². The number of carboxylic acids is 1. The molecule has 0 amide bonds. The van der Waals surface area contributed by atoms with Gasteiger partial charge < -0.3 is 14.4 Å². The minimum absolute atomic E-state index is 0.423. The number of carbonyl (C=O) groups is 1. The lowest BCUT2D eigenvalue weighted by molar-refractivity contribution is -0.142. The molecule has 7 heteroatoms. The summed E-state index contributed by atoms with van der Waals surface area (Å²) in [7, 11) is 0. The average Bonchev–Trinajstić information content (AvgIpc) is 3.24. The van der Waals surface area contributed by atoms with E-state index in [0.717, 1.165) is 37.2 Å². The van der Waals surface area contributed by atoms with E-state index >= 15 is 0 Å². The highest BCUT2D eigenvalue weighted by atomic mass is 35.5. The lowest BCUT2D eigenvalue weighted by Crippen LogP contribution is -2.35. The maximum Gasteiger partial charge on any atom is 0.320 e. The number of rotatable bonds is 8. The highest BCUT2D eigenvalue weighted by Crippen LogP contribution is 2.28. The number of halogens is 1. The molecule has 0 unspecified atom stereocenters. The van der Waals surface area contributed by atoms with E-state index in [4.69, 9.17) is 16.3 Å². The van der Waals surface area contributed by atoms with E-state index < -0.39 is 12.0 Å². The minimum Gasteiger partial charge on any atom is -0.493 e. The molecule has 1 saturated heterocycles. The molecule has 134 valence electrons. The van der Waals surface area contributed by atoms with Crippen LogP contribution >= 0.6 is 11.6 Å². The van der Waals surface area contributed by atoms with Crippen molar-refractivity contribution in [3.8, 4) is 5.75 Å². The Morgan fingerprint density at radius 1 is 1.44 bits per heavy atom. The van der Waals surface area contributed by atoms with Crippen LogP contribution in [0.2, 0.25) is 5.02 Å². The molecule has 3 rings (SSSR count). The topological polar surface area (TPSA) is 67.6 Å². The third-order valence-corrected chi connectivity index (χ3v) is 4.66. The molecular weight excluding hydrogens is 342 g/mol. The highest BCUT2D eigenvalue weighted by Gasteiger charge is 2.30. The van der Waals surface area contributed by atoms with Crippen molar-refractivity contribution in [2.45, 2.75) is 38.4 Å². The zero-order valence-corrected chi connectivity index (χ0v) is 14.7. The zero-order valence-electron chi connectivity index (χ0n) is 14.0. The smallest absolute Gasteiger partial charge is 0.320 e. The Labute approximate surface area is 152 Å². The van der Waals surface area contributed by atoms with Gasteiger partial charge in [-0.3, -0.25) is 9.69 Å². The van der Waals surface area contributed by atoms with Crippen LogP contribution in [0.25, 0.3) is 0 Å². The molecule has 0 radical (unpaired) electrons. The fraction of sp³-hybridized carbons (Fsp3) is 0.444. The van der Waals surface area contributed by atoms with Crippen LogP contribution in [0.4, 0.5) is 0 Å². The number of imidazole rings is 1. The van der Waals surface area contributed by atoms with Gasteiger partial charge >= 0.3 is 5.97 Å². The number of hydrogen-bond donors (Lipinski definition) is 1. The monoisotopic (exact) mass is 363 g/mol. The molecule has 0 spiro atoms. The molecule has 25 heavy (non-hydrogen) atoms. The van der Waals surface area contributed by atoms with Crippen molar-refractivity contribution < 1.29 is 14.6 Å². The summed E-state index contributed by atoms with van der Waals surface area (Å²) >= 11 is 6.13. The normalized spacial score (nSPS) is 17.7. The molecular formula is C18H22ClN3O3. The van der Waals surface area contributed by atoms with Gasteiger partial charge in [0.1, 0.15) is 11.8 Å². The molecule has 1 aliphatic rings. The fourth-order valence-electron chi connectivity index (χ4n) is 3.17. The van der Waals surface area contributed by atoms with Gasteiger partial charge in [-0.1, -0.05) is 11.6 Å². The predicted octanol–water partition coefficient (Wildman–Crippen LogP) is 3.05. The van der Waals surface area contributed by atoms with Crippen LogP contribution in [-0.4, -0.2) is 44.7 Å². The summed E-state index contributed by atoms with van der Waals surface area (Å²) in [5.41, 5.74) is 0.934. The second kappa shape index (κ2) is 8.36. The Morgan fingerprint density at radius 2 is 2.32 bits per heavy atom. The van der Waals surface area contributed by atoms with Crippen molar-refractivity contribution in [3.63, 3.8) is 0 Å². The molecule has 1 aromatic heterocycles. The fourth-order valence-corrected chi connectivity index (χ4v) is 3.37. The van der Waals surface area contributed by atoms with Crippen LogP contribution < -0.4 is 4.74 Å². The van der Waals surface area contributed by atoms with Gasteiger partial charge in [0, 0.05) is 36.1 Å². The number of nitrogens with zero attached hydrogens (tertiary/aromatic N) is 3. The Bertz CT molecular complexity index is 706. The second-order valence-corrected chi connectivity index (χ2v) is 6.66. The highest BCUT2D eigenvalue weighted by molar-refractivity contribution is 6.30. The van der Waals surface area contributed by atoms with E-state index in [-0.39, 0.29) is 0 Å². The summed E-state index contributed by atoms with van der Waals surface area (Å²) in [4.78, 5) is 17.4. The summed E-state index contributed by atoms with van der Waals surface area (Å²) in [5, 5.41) is 9.97. The lowest BCUT2D eigenvalue weighted by Gasteiger charge is -2.22. The van der Waals surface area contributed by atoms with E-state index in [0.29, 0.717) is 24.6 Å². The van der Waals surface area contributed by atoms with Crippen LogP contribution in [0.1, 0.15) is 24.8 Å². The Kier molecular flexibility index (Phi) is 5.94. The Morgan fingerprint density at radius 3 is 3.08 bits per heavy atom. The van der Waals surface area contributed by atoms with Gasteiger partial charge in [-0.25, -0.2) is 4.98 Å². The molecule has 1 aliphatic heterocycles. The molecule has 1 atom stereocenters. The van der Waals surface area contributed by atoms with E-state index in [2.05, 4.69) is 4.98 Å². The number of aliphatic carboxylic acids is 1. The maximum absolute atomic E-state index is 11.4. The number of aromatic nitrogens is 2. The van der Waals surface area contributed by atoms with Crippen molar-refractivity contribution in [2.75, 3.05) is 13.2 Å². The summed E-state index contributed by atoms with van der Waals surface area (Å²) in [6.45, 7) is 2.74. The third kappa shape index (κ3) is 4.74. The first kappa shape index (κ1) is 17.8. The van der Waals surface area contributed by atoms with Gasteiger partial charge in [0.15, 0.2) is 0 Å². The van der Waals surface area contributed by atoms with E-state index in [1.807, 2.05) is 27.8 Å². The van der Waals surface area contributed by atoms with Crippen LogP contribution in [0, 0.1) is 0 Å². The first-order valence-corrected chi connectivity index (χ1v) is 8.85. The maximum atomic E-state index is 11.4. The van der Waals surface area contributed by atoms with Crippen molar-refractivity contribution >= 4 is 17.6 Å². The standard InChI is InChI=1S/C18H22ClN3O3/c19-15-4-5-17(25-10-2-7-21-9-6-20-13-21)14(11-15)12-22-8-1-3-16(22)18(23)24/h4-6,9,11,13,16H,1-3,7-8,10,12H2,(H,23,24)/t16-/m1/s1. The largest absolute Gasteiger partial charge is 0.493 e. The van der Waals surface area contributed by atoms with Crippen LogP contribution in [0.5, 0.6) is 5.75 Å². The molecule has 1 aromatic carbocycles. The Balaban J connectivity index is 1.60. The summed E-state index contributed by atoms with van der Waals surface area (Å²) in [6.07, 6.45) is 7.92. The number of aryl methyl sites for hydroxylation is 1. The third-order valence-electron chi connectivity index (χ3n) is 4.42. The number of ether oxygens (including phenoxy) is 1. The quantitative estimate of drug-likeness (QED) is 0.730. The molecule has 2 aromatic rings. The van der Waals surface area contributed by atoms with Crippen LogP contribution in [-0.2, 0) is 17.9 Å². The van der Waals surface area contributed by atoms with Gasteiger partial charge in [0.2, 0.25) is 0 Å². The number of hydrogen-bond acceptors (Lipinski definition) is 4. The Hall–Kier alpha value is -2.05. The summed E-state index contributed by atoms with van der Waals surface area (Å²) < 4.78 is 7.94. The first-order chi connectivity index (χ1) is 12.1. The van der Waals surface area contributed by atoms with Gasteiger partial charge in [-0.05, 0) is 44.0 Å². The minimum atomic E-state index is -0.762. The van der Waals surface area contributed by atoms with Crippen molar-refractivity contribution in [2.24, 2.45) is 0 Å². The SMILES string of the molecule is O=C(O)[C@H]1CCCN1Cc1cc(Cl)ccc1OCCCn1ccnc1. The van der Waals surface area contributed by atoms with Gasteiger partial charge in [-0.15, -0.1) is 0 Å². The lowest BCUT2D eigenvalue weighted by atomic mass is 10.1. The van der Waals surface area contributed by atoms with Gasteiger partial charge in [0.25, 0.3) is 0 Å². The second-order valence-electron chi connectivity index (χ2n) is 6.22. The van der Waals surface area contributed by atoms with Crippen LogP contribution in [0.15, 0.2) is 36.9 Å². The van der Waals surface area contributed by atoms with Gasteiger partial charge in [-0.2, -0.15) is 0 Å². The van der Waals surface area contributed by atoms with Crippen molar-refractivity contribution in [3.05, 3.63) is 47.5 Å². The predicted molar refractivity (Wildman–Crippen MR) is 94.9 cm³/mol. The summed E-state index contributed by atoms with van der Waals surface area (Å²) in [5.74, 6) is 0.00778. The molecule has 1 N–H and O–H groups in total. The zero-order chi connectivity index (χ0) is 17.6. The van der Waals surface area contributed by atoms with E-state index in [9.17, 15) is 9.90 Å². The molecule has 6 nitrogen and oxygen atoms in total. The summed E-state index contributed by atoms with van der Waals surface area (Å²) in [6, 6.07) is 5.10. The molecule has 0 aliphatic carbocycles. The molecule has 1 fully saturated rings. The van der Waals surface area contributed by atoms with Crippen molar-refractivity contribution in [1.29, 1.82) is 0 Å². The molecule has 0 saturated carbocycles. The number of benzene rings is 1. The van der Waals surface area contributed by atoms with Gasteiger partial charge in [0.05, 0.1) is 12.9 Å². The average molecular weight is 364 g/mol. The molecule has 0 bridgehead atoms. The number of carboxylic acid groups (broad SMARTS) is 1.